The van der Waals surface area contributed by atoms with Crippen LogP contribution in [0.1, 0.15) is 46.5 Å². The molecule has 2 saturated heterocycles. The summed E-state index contributed by atoms with van der Waals surface area (Å²) in [6.07, 6.45) is -2.53. The van der Waals surface area contributed by atoms with Crippen LogP contribution in [0.15, 0.2) is 0 Å². The minimum atomic E-state index is -2.68. The molecule has 2 fully saturated rings. The Bertz CT molecular complexity index is 439. The summed E-state index contributed by atoms with van der Waals surface area (Å²) in [6.45, 7) is 5.16. The van der Waals surface area contributed by atoms with Gasteiger partial charge in [0.05, 0.1) is 21.3 Å². The Morgan fingerprint density at radius 3 is 2.14 bits per heavy atom. The van der Waals surface area contributed by atoms with Crippen LogP contribution in [0.5, 0.6) is 0 Å². The number of carbonyl (C=O) groups is 1. The third-order valence-electron chi connectivity index (χ3n) is 4.31. The normalized spacial score (nSPS) is 34.3. The second-order valence-corrected chi connectivity index (χ2v) is 8.89. The van der Waals surface area contributed by atoms with E-state index >= 15 is 0 Å². The van der Waals surface area contributed by atoms with E-state index in [-0.39, 0.29) is 12.8 Å². The van der Waals surface area contributed by atoms with Crippen molar-refractivity contribution in [2.75, 3.05) is 0 Å². The Kier molecular flexibility index (Phi) is 4.32. The average Bonchev–Trinajstić information content (AvgIpc) is 2.61. The highest BCUT2D eigenvalue weighted by molar-refractivity contribution is 7.84. The van der Waals surface area contributed by atoms with E-state index in [4.69, 9.17) is 0 Å². The van der Waals surface area contributed by atoms with Crippen LogP contribution in [0, 0.1) is 0 Å². The first-order chi connectivity index (χ1) is 9.57. The Balaban J connectivity index is 2.23. The van der Waals surface area contributed by atoms with E-state index in [1.165, 1.54) is 4.90 Å². The van der Waals surface area contributed by atoms with E-state index in [9.17, 15) is 22.9 Å². The summed E-state index contributed by atoms with van der Waals surface area (Å²) in [6, 6.07) is -0.834. The molecule has 0 aromatic rings. The van der Waals surface area contributed by atoms with E-state index in [1.54, 1.807) is 20.8 Å². The molecule has 2 N–H and O–H groups in total. The van der Waals surface area contributed by atoms with Crippen LogP contribution in [-0.4, -0.2) is 49.1 Å². The van der Waals surface area contributed by atoms with Crippen molar-refractivity contribution < 1.29 is 22.9 Å². The van der Waals surface area contributed by atoms with Crippen molar-refractivity contribution in [3.05, 3.63) is 0 Å². The number of piperidine rings is 1. The standard InChI is InChI=1S/C13H22F2N2O3S/c1-12(2,3)21(20)16-13(10(14)15)6-8-4-5-9(7-13)17(8)11(18)19/h8-10,16H,4-7H2,1-3H3,(H,18,19)/t8-,9+,13?,21?. The lowest BCUT2D eigenvalue weighted by atomic mass is 9.84. The highest BCUT2D eigenvalue weighted by Gasteiger charge is 2.55. The molecular formula is C13H22F2N2O3S. The smallest absolute Gasteiger partial charge is 0.407 e. The number of fused-ring (bicyclic) bond motifs is 2. The molecule has 0 radical (unpaired) electrons. The monoisotopic (exact) mass is 324 g/mol. The molecule has 0 saturated carbocycles. The largest absolute Gasteiger partial charge is 0.465 e. The molecule has 0 aliphatic carbocycles. The molecule has 122 valence electrons. The van der Waals surface area contributed by atoms with Gasteiger partial charge in [0.15, 0.2) is 0 Å². The first-order valence-electron chi connectivity index (χ1n) is 7.06. The second kappa shape index (κ2) is 5.46. The molecule has 2 unspecified atom stereocenters. The van der Waals surface area contributed by atoms with Crippen LogP contribution in [-0.2, 0) is 11.0 Å². The molecule has 0 spiro atoms. The molecule has 5 nitrogen and oxygen atoms in total. The molecule has 2 aliphatic heterocycles. The number of rotatable bonds is 3. The molecule has 0 aromatic carbocycles. The Labute approximate surface area is 125 Å². The molecular weight excluding hydrogens is 302 g/mol. The van der Waals surface area contributed by atoms with Crippen molar-refractivity contribution in [3.63, 3.8) is 0 Å². The first kappa shape index (κ1) is 16.6. The van der Waals surface area contributed by atoms with Gasteiger partial charge in [-0.1, -0.05) is 0 Å². The number of nitrogens with zero attached hydrogens (tertiary/aromatic N) is 1. The van der Waals surface area contributed by atoms with Crippen LogP contribution in [0.2, 0.25) is 0 Å². The van der Waals surface area contributed by atoms with E-state index in [0.717, 1.165) is 0 Å². The number of alkyl halides is 2. The summed E-state index contributed by atoms with van der Waals surface area (Å²) >= 11 is 0. The zero-order valence-electron chi connectivity index (χ0n) is 12.4. The van der Waals surface area contributed by atoms with Crippen LogP contribution >= 0.6 is 0 Å². The topological polar surface area (TPSA) is 69.6 Å². The summed E-state index contributed by atoms with van der Waals surface area (Å²) in [7, 11) is -1.61. The van der Waals surface area contributed by atoms with E-state index in [1.807, 2.05) is 0 Å². The Morgan fingerprint density at radius 2 is 1.81 bits per heavy atom. The maximum Gasteiger partial charge on any atom is 0.407 e. The van der Waals surface area contributed by atoms with Gasteiger partial charge in [0.1, 0.15) is 0 Å². The molecule has 1 amide bonds. The number of amides is 1. The number of hydrogen-bond donors (Lipinski definition) is 2. The molecule has 2 rings (SSSR count). The SMILES string of the molecule is CC(C)(C)S(=O)NC1(C(F)F)C[C@H]2CC[C@@H](C1)N2C(=O)O. The molecule has 2 aliphatic rings. The van der Waals surface area contributed by atoms with Gasteiger partial charge in [0.25, 0.3) is 6.43 Å². The first-order valence-corrected chi connectivity index (χ1v) is 8.21. The third kappa shape index (κ3) is 3.06. The number of nitrogens with one attached hydrogen (secondary N) is 1. The zero-order chi connectivity index (χ0) is 16.0. The minimum Gasteiger partial charge on any atom is -0.465 e. The summed E-state index contributed by atoms with van der Waals surface area (Å²) < 4.78 is 41.5. The lowest BCUT2D eigenvalue weighted by Crippen LogP contribution is -2.63. The predicted octanol–water partition coefficient (Wildman–Crippen LogP) is 2.35. The van der Waals surface area contributed by atoms with Crippen LogP contribution in [0.3, 0.4) is 0 Å². The minimum absolute atomic E-state index is 0.00921. The van der Waals surface area contributed by atoms with Gasteiger partial charge in [-0.05, 0) is 46.5 Å². The Hall–Kier alpha value is -0.760. The lowest BCUT2D eigenvalue weighted by molar-refractivity contribution is -0.0181. The van der Waals surface area contributed by atoms with Gasteiger partial charge >= 0.3 is 6.09 Å². The van der Waals surface area contributed by atoms with Crippen molar-refractivity contribution >= 4 is 17.1 Å². The number of halogens is 2. The molecule has 8 heteroatoms. The van der Waals surface area contributed by atoms with Crippen molar-refractivity contribution in [2.24, 2.45) is 0 Å². The van der Waals surface area contributed by atoms with Gasteiger partial charge in [-0.25, -0.2) is 22.5 Å². The summed E-state index contributed by atoms with van der Waals surface area (Å²) in [4.78, 5) is 12.5. The van der Waals surface area contributed by atoms with Gasteiger partial charge in [-0.3, -0.25) is 0 Å². The highest BCUT2D eigenvalue weighted by Crippen LogP contribution is 2.44. The van der Waals surface area contributed by atoms with Gasteiger partial charge in [0.2, 0.25) is 0 Å². The highest BCUT2D eigenvalue weighted by atomic mass is 32.2. The molecule has 2 heterocycles. The molecule has 21 heavy (non-hydrogen) atoms. The fourth-order valence-electron chi connectivity index (χ4n) is 3.24. The van der Waals surface area contributed by atoms with Crippen molar-refractivity contribution in [2.45, 2.75) is 75.2 Å². The lowest BCUT2D eigenvalue weighted by Gasteiger charge is -2.45. The van der Waals surface area contributed by atoms with Crippen LogP contribution < -0.4 is 4.72 Å². The maximum atomic E-state index is 13.7. The van der Waals surface area contributed by atoms with Gasteiger partial charge in [-0.15, -0.1) is 0 Å². The number of hydrogen-bond acceptors (Lipinski definition) is 2. The van der Waals surface area contributed by atoms with Gasteiger partial charge < -0.3 is 10.0 Å². The van der Waals surface area contributed by atoms with Crippen LogP contribution in [0.4, 0.5) is 13.6 Å². The van der Waals surface area contributed by atoms with Crippen molar-refractivity contribution in [1.82, 2.24) is 9.62 Å². The fourth-order valence-corrected chi connectivity index (χ4v) is 4.17. The predicted molar refractivity (Wildman–Crippen MR) is 75.7 cm³/mol. The Morgan fingerprint density at radius 1 is 1.33 bits per heavy atom. The van der Waals surface area contributed by atoms with Crippen molar-refractivity contribution in [1.29, 1.82) is 0 Å². The third-order valence-corrected chi connectivity index (χ3v) is 6.01. The zero-order valence-corrected chi connectivity index (χ0v) is 13.3. The van der Waals surface area contributed by atoms with Crippen molar-refractivity contribution in [3.8, 4) is 0 Å². The maximum absolute atomic E-state index is 13.7. The second-order valence-electron chi connectivity index (χ2n) is 6.92. The van der Waals surface area contributed by atoms with Crippen LogP contribution in [0.25, 0.3) is 0 Å². The fraction of sp³-hybridized carbons (Fsp3) is 0.923. The molecule has 2 bridgehead atoms. The summed E-state index contributed by atoms with van der Waals surface area (Å²) in [5.41, 5.74) is -1.56. The van der Waals surface area contributed by atoms with E-state index in [2.05, 4.69) is 4.72 Å². The van der Waals surface area contributed by atoms with E-state index in [0.29, 0.717) is 12.8 Å². The molecule has 0 aromatic heterocycles. The summed E-state index contributed by atoms with van der Waals surface area (Å²) in [5.74, 6) is 0. The van der Waals surface area contributed by atoms with Gasteiger partial charge in [0, 0.05) is 12.1 Å². The molecule has 4 atom stereocenters. The average molecular weight is 324 g/mol. The summed E-state index contributed by atoms with van der Waals surface area (Å²) in [5, 5.41) is 9.20. The quantitative estimate of drug-likeness (QED) is 0.837. The van der Waals surface area contributed by atoms with E-state index < -0.39 is 45.9 Å². The van der Waals surface area contributed by atoms with Gasteiger partial charge in [-0.2, -0.15) is 0 Å². The number of carboxylic acid groups (broad SMARTS) is 1.